The van der Waals surface area contributed by atoms with Gasteiger partial charge in [-0.3, -0.25) is 0 Å². The van der Waals surface area contributed by atoms with Gasteiger partial charge < -0.3 is 15.3 Å². The molecular formula is C16H19N3O2S2. The number of amides is 2. The van der Waals surface area contributed by atoms with E-state index in [1.54, 1.807) is 35.0 Å². The predicted octanol–water partition coefficient (Wildman–Crippen LogP) is 3.59. The number of nitrogens with zero attached hydrogens (tertiary/aromatic N) is 2. The van der Waals surface area contributed by atoms with Crippen molar-refractivity contribution in [2.75, 3.05) is 12.4 Å². The van der Waals surface area contributed by atoms with Crippen LogP contribution in [0.3, 0.4) is 0 Å². The third-order valence-corrected chi connectivity index (χ3v) is 5.93. The Balaban J connectivity index is 1.55. The van der Waals surface area contributed by atoms with Crippen LogP contribution in [0.15, 0.2) is 38.9 Å². The molecule has 5 nitrogen and oxygen atoms in total. The molecule has 0 unspecified atom stereocenters. The van der Waals surface area contributed by atoms with Gasteiger partial charge in [-0.1, -0.05) is 11.8 Å². The van der Waals surface area contributed by atoms with Crippen molar-refractivity contribution in [3.05, 3.63) is 35.3 Å². The summed E-state index contributed by atoms with van der Waals surface area (Å²) in [6.45, 7) is 1.98. The Hall–Kier alpha value is -1.57. The molecule has 1 aromatic heterocycles. The topological polar surface area (TPSA) is 65.5 Å². The van der Waals surface area contributed by atoms with Crippen molar-refractivity contribution < 1.29 is 9.90 Å². The molecule has 0 aliphatic heterocycles. The van der Waals surface area contributed by atoms with E-state index in [9.17, 15) is 9.90 Å². The lowest BCUT2D eigenvalue weighted by molar-refractivity contribution is 0.0282. The van der Waals surface area contributed by atoms with Gasteiger partial charge in [-0.05, 0) is 44.0 Å². The van der Waals surface area contributed by atoms with Crippen LogP contribution in [-0.2, 0) is 0 Å². The number of carbonyl (C=O) groups is 1. The zero-order valence-corrected chi connectivity index (χ0v) is 14.7. The molecule has 2 aromatic rings. The maximum atomic E-state index is 12.2. The van der Waals surface area contributed by atoms with Gasteiger partial charge in [0.1, 0.15) is 0 Å². The maximum Gasteiger partial charge on any atom is 0.321 e. The van der Waals surface area contributed by atoms with Gasteiger partial charge in [0.05, 0.1) is 6.10 Å². The summed E-state index contributed by atoms with van der Waals surface area (Å²) in [6, 6.07) is 7.73. The van der Waals surface area contributed by atoms with E-state index >= 15 is 0 Å². The minimum Gasteiger partial charge on any atom is -0.393 e. The standard InChI is InChI=1S/C16H19N3O2S2/c1-10-9-22-16(17-10)23-14-5-3-11(4-6-14)18-15(21)19(2)12-7-13(20)8-12/h3-6,9,12-13,20H,7-8H2,1-2H3,(H,18,21). The van der Waals surface area contributed by atoms with Gasteiger partial charge in [0, 0.05) is 34.7 Å². The Morgan fingerprint density at radius 3 is 2.65 bits per heavy atom. The molecule has 0 radical (unpaired) electrons. The third kappa shape index (κ3) is 4.04. The van der Waals surface area contributed by atoms with Crippen LogP contribution in [0.2, 0.25) is 0 Å². The molecule has 122 valence electrons. The Kier molecular flexibility index (Phi) is 4.89. The Morgan fingerprint density at radius 2 is 2.09 bits per heavy atom. The smallest absolute Gasteiger partial charge is 0.321 e. The summed E-state index contributed by atoms with van der Waals surface area (Å²) in [5.74, 6) is 0. The number of rotatable bonds is 4. The fourth-order valence-electron chi connectivity index (χ4n) is 2.34. The van der Waals surface area contributed by atoms with Crippen LogP contribution in [0.1, 0.15) is 18.5 Å². The maximum absolute atomic E-state index is 12.2. The molecular weight excluding hydrogens is 330 g/mol. The molecule has 7 heteroatoms. The van der Waals surface area contributed by atoms with Gasteiger partial charge in [0.25, 0.3) is 0 Å². The summed E-state index contributed by atoms with van der Waals surface area (Å²) in [7, 11) is 1.76. The van der Waals surface area contributed by atoms with Crippen LogP contribution in [0.4, 0.5) is 10.5 Å². The Bertz CT molecular complexity index is 681. The van der Waals surface area contributed by atoms with Crippen LogP contribution in [0.5, 0.6) is 0 Å². The average Bonchev–Trinajstić information content (AvgIpc) is 2.90. The fraction of sp³-hybridized carbons (Fsp3) is 0.375. The number of thiazole rings is 1. The van der Waals surface area contributed by atoms with Crippen molar-refractivity contribution in [1.82, 2.24) is 9.88 Å². The van der Waals surface area contributed by atoms with E-state index in [2.05, 4.69) is 10.3 Å². The Labute approximate surface area is 143 Å². The summed E-state index contributed by atoms with van der Waals surface area (Å²) in [6.07, 6.45) is 1.06. The van der Waals surface area contributed by atoms with Crippen LogP contribution >= 0.6 is 23.1 Å². The highest BCUT2D eigenvalue weighted by atomic mass is 32.2. The summed E-state index contributed by atoms with van der Waals surface area (Å²) in [5, 5.41) is 14.2. The molecule has 1 fully saturated rings. The molecule has 3 rings (SSSR count). The largest absolute Gasteiger partial charge is 0.393 e. The zero-order valence-electron chi connectivity index (χ0n) is 13.0. The number of aromatic nitrogens is 1. The van der Waals surface area contributed by atoms with E-state index in [1.165, 1.54) is 0 Å². The average molecular weight is 349 g/mol. The lowest BCUT2D eigenvalue weighted by Crippen LogP contribution is -2.49. The van der Waals surface area contributed by atoms with Gasteiger partial charge in [-0.2, -0.15) is 0 Å². The van der Waals surface area contributed by atoms with Gasteiger partial charge >= 0.3 is 6.03 Å². The van der Waals surface area contributed by atoms with E-state index < -0.39 is 0 Å². The first-order valence-electron chi connectivity index (χ1n) is 7.43. The van der Waals surface area contributed by atoms with E-state index in [0.29, 0.717) is 12.8 Å². The number of hydrogen-bond acceptors (Lipinski definition) is 5. The van der Waals surface area contributed by atoms with Crippen molar-refractivity contribution in [1.29, 1.82) is 0 Å². The first-order valence-corrected chi connectivity index (χ1v) is 9.13. The minimum atomic E-state index is -0.263. The predicted molar refractivity (Wildman–Crippen MR) is 93.2 cm³/mol. The molecule has 0 saturated heterocycles. The van der Waals surface area contributed by atoms with Crippen LogP contribution in [0.25, 0.3) is 0 Å². The number of nitrogens with one attached hydrogen (secondary N) is 1. The van der Waals surface area contributed by atoms with Crippen LogP contribution < -0.4 is 5.32 Å². The van der Waals surface area contributed by atoms with E-state index in [0.717, 1.165) is 20.6 Å². The summed E-state index contributed by atoms with van der Waals surface area (Å²) >= 11 is 3.25. The van der Waals surface area contributed by atoms with Crippen molar-refractivity contribution in [3.63, 3.8) is 0 Å². The van der Waals surface area contributed by atoms with Gasteiger partial charge in [0.2, 0.25) is 0 Å². The lowest BCUT2D eigenvalue weighted by atomic mass is 9.88. The molecule has 23 heavy (non-hydrogen) atoms. The summed E-state index contributed by atoms with van der Waals surface area (Å²) < 4.78 is 1.02. The number of benzene rings is 1. The molecule has 2 amide bonds. The minimum absolute atomic E-state index is 0.132. The van der Waals surface area contributed by atoms with Gasteiger partial charge in [-0.25, -0.2) is 9.78 Å². The highest BCUT2D eigenvalue weighted by Crippen LogP contribution is 2.31. The molecule has 1 heterocycles. The van der Waals surface area contributed by atoms with Gasteiger partial charge in [-0.15, -0.1) is 11.3 Å². The molecule has 1 aliphatic rings. The third-order valence-electron chi connectivity index (χ3n) is 3.87. The number of aliphatic hydroxyl groups excluding tert-OH is 1. The van der Waals surface area contributed by atoms with Crippen molar-refractivity contribution in [3.8, 4) is 0 Å². The quantitative estimate of drug-likeness (QED) is 0.885. The SMILES string of the molecule is Cc1csc(Sc2ccc(NC(=O)N(C)C3CC(O)C3)cc2)n1. The molecule has 1 saturated carbocycles. The van der Waals surface area contributed by atoms with E-state index in [-0.39, 0.29) is 18.2 Å². The highest BCUT2D eigenvalue weighted by molar-refractivity contribution is 8.01. The fourth-order valence-corrected chi connectivity index (χ4v) is 4.15. The number of urea groups is 1. The second-order valence-corrected chi connectivity index (χ2v) is 7.88. The molecule has 0 spiro atoms. The van der Waals surface area contributed by atoms with Crippen molar-refractivity contribution in [2.45, 2.75) is 41.1 Å². The van der Waals surface area contributed by atoms with Crippen molar-refractivity contribution in [2.24, 2.45) is 0 Å². The van der Waals surface area contributed by atoms with E-state index in [4.69, 9.17) is 0 Å². The molecule has 0 atom stereocenters. The number of hydrogen-bond donors (Lipinski definition) is 2. The molecule has 1 aliphatic carbocycles. The second-order valence-electron chi connectivity index (χ2n) is 5.70. The highest BCUT2D eigenvalue weighted by Gasteiger charge is 2.32. The molecule has 1 aromatic carbocycles. The first kappa shape index (κ1) is 16.3. The van der Waals surface area contributed by atoms with Crippen LogP contribution in [-0.4, -0.2) is 40.2 Å². The number of aliphatic hydroxyl groups is 1. The summed E-state index contributed by atoms with van der Waals surface area (Å²) in [4.78, 5) is 19.3. The molecule has 2 N–H and O–H groups in total. The second kappa shape index (κ2) is 6.90. The Morgan fingerprint density at radius 1 is 1.39 bits per heavy atom. The first-order chi connectivity index (χ1) is 11.0. The van der Waals surface area contributed by atoms with E-state index in [1.807, 2.05) is 36.6 Å². The zero-order chi connectivity index (χ0) is 16.4. The van der Waals surface area contributed by atoms with Crippen molar-refractivity contribution >= 4 is 34.8 Å². The molecule has 0 bridgehead atoms. The number of carbonyl (C=O) groups excluding carboxylic acids is 1. The monoisotopic (exact) mass is 349 g/mol. The summed E-state index contributed by atoms with van der Waals surface area (Å²) in [5.41, 5.74) is 1.80. The number of anilines is 1. The lowest BCUT2D eigenvalue weighted by Gasteiger charge is -2.38. The normalized spacial score (nSPS) is 20.0. The van der Waals surface area contributed by atoms with Gasteiger partial charge in [0.15, 0.2) is 4.34 Å². The number of aryl methyl sites for hydroxylation is 1. The van der Waals surface area contributed by atoms with Crippen LogP contribution in [0, 0.1) is 6.92 Å².